The zero-order chi connectivity index (χ0) is 18.9. The number of carbonyl (C=O) groups excluding carboxylic acids is 1. The maximum absolute atomic E-state index is 13.2. The van der Waals surface area contributed by atoms with Gasteiger partial charge in [-0.3, -0.25) is 4.79 Å². The van der Waals surface area contributed by atoms with Crippen molar-refractivity contribution < 1.29 is 4.79 Å². The molecule has 0 aliphatic carbocycles. The van der Waals surface area contributed by atoms with Crippen LogP contribution in [0.3, 0.4) is 0 Å². The van der Waals surface area contributed by atoms with Gasteiger partial charge in [0.05, 0.1) is 23.3 Å². The zero-order valence-corrected chi connectivity index (χ0v) is 16.3. The third-order valence-corrected chi connectivity index (χ3v) is 5.64. The van der Waals surface area contributed by atoms with E-state index in [4.69, 9.17) is 0 Å². The normalized spacial score (nSPS) is 18.0. The smallest absolute Gasteiger partial charge is 0.232 e. The number of carbonyl (C=O) groups is 1. The Kier molecular flexibility index (Phi) is 5.03. The number of hydrogen-bond donors (Lipinski definition) is 1. The maximum atomic E-state index is 13.2. The van der Waals surface area contributed by atoms with Crippen molar-refractivity contribution >= 4 is 5.91 Å². The van der Waals surface area contributed by atoms with Crippen LogP contribution in [0, 0.1) is 12.3 Å². The summed E-state index contributed by atoms with van der Waals surface area (Å²) in [6.45, 7) is 12.7. The molecule has 1 unspecified atom stereocenters. The van der Waals surface area contributed by atoms with Gasteiger partial charge in [0.25, 0.3) is 0 Å². The van der Waals surface area contributed by atoms with Crippen LogP contribution >= 0.6 is 0 Å². The number of likely N-dealkylation sites (tertiary alicyclic amines) is 1. The van der Waals surface area contributed by atoms with E-state index in [2.05, 4.69) is 47.7 Å². The SMILES string of the molecule is C=C(C)C(C)(C)C(=O)N1CCCCC1c1ncc(-c2ccc(C)cc2)[nH]1. The van der Waals surface area contributed by atoms with Gasteiger partial charge in [0.2, 0.25) is 5.91 Å². The van der Waals surface area contributed by atoms with E-state index in [0.29, 0.717) is 0 Å². The summed E-state index contributed by atoms with van der Waals surface area (Å²) in [7, 11) is 0. The molecular weight excluding hydrogens is 322 g/mol. The second-order valence-electron chi connectivity index (χ2n) is 7.96. The molecule has 1 aliphatic heterocycles. The molecule has 1 N–H and O–H groups in total. The van der Waals surface area contributed by atoms with Crippen LogP contribution in [-0.2, 0) is 4.79 Å². The molecule has 1 fully saturated rings. The number of aromatic amines is 1. The first-order valence-corrected chi connectivity index (χ1v) is 9.39. The van der Waals surface area contributed by atoms with Gasteiger partial charge in [0.1, 0.15) is 5.82 Å². The van der Waals surface area contributed by atoms with Gasteiger partial charge < -0.3 is 9.88 Å². The van der Waals surface area contributed by atoms with Crippen molar-refractivity contribution in [2.45, 2.75) is 53.0 Å². The van der Waals surface area contributed by atoms with E-state index in [1.165, 1.54) is 5.56 Å². The van der Waals surface area contributed by atoms with E-state index >= 15 is 0 Å². The van der Waals surface area contributed by atoms with Crippen LogP contribution in [-0.4, -0.2) is 27.3 Å². The van der Waals surface area contributed by atoms with Gasteiger partial charge in [-0.25, -0.2) is 4.98 Å². The van der Waals surface area contributed by atoms with E-state index in [1.807, 2.05) is 31.9 Å². The Morgan fingerprint density at radius 2 is 1.96 bits per heavy atom. The van der Waals surface area contributed by atoms with Crippen LogP contribution in [0.15, 0.2) is 42.6 Å². The summed E-state index contributed by atoms with van der Waals surface area (Å²) in [4.78, 5) is 23.3. The van der Waals surface area contributed by atoms with Gasteiger partial charge in [0.15, 0.2) is 0 Å². The first-order valence-electron chi connectivity index (χ1n) is 9.39. The van der Waals surface area contributed by atoms with Crippen molar-refractivity contribution in [3.63, 3.8) is 0 Å². The number of aromatic nitrogens is 2. The molecule has 26 heavy (non-hydrogen) atoms. The molecule has 4 heteroatoms. The molecule has 0 bridgehead atoms. The van der Waals surface area contributed by atoms with Gasteiger partial charge in [-0.1, -0.05) is 42.0 Å². The molecule has 4 nitrogen and oxygen atoms in total. The number of amides is 1. The van der Waals surface area contributed by atoms with Gasteiger partial charge in [-0.05, 0) is 52.5 Å². The van der Waals surface area contributed by atoms with E-state index in [9.17, 15) is 4.79 Å². The van der Waals surface area contributed by atoms with Gasteiger partial charge in [-0.2, -0.15) is 0 Å². The molecule has 1 aliphatic rings. The number of imidazole rings is 1. The predicted molar refractivity (Wildman–Crippen MR) is 106 cm³/mol. The van der Waals surface area contributed by atoms with Crippen molar-refractivity contribution in [1.82, 2.24) is 14.9 Å². The largest absolute Gasteiger partial charge is 0.340 e. The monoisotopic (exact) mass is 351 g/mol. The summed E-state index contributed by atoms with van der Waals surface area (Å²) in [6, 6.07) is 8.40. The van der Waals surface area contributed by atoms with Crippen LogP contribution in [0.2, 0.25) is 0 Å². The third-order valence-electron chi connectivity index (χ3n) is 5.64. The van der Waals surface area contributed by atoms with Crippen LogP contribution in [0.1, 0.15) is 57.5 Å². The van der Waals surface area contributed by atoms with Crippen LogP contribution in [0.4, 0.5) is 0 Å². The molecule has 1 aromatic carbocycles. The molecular formula is C22H29N3O. The number of rotatable bonds is 4. The minimum Gasteiger partial charge on any atom is -0.340 e. The van der Waals surface area contributed by atoms with Gasteiger partial charge >= 0.3 is 0 Å². The fourth-order valence-electron chi connectivity index (χ4n) is 3.39. The van der Waals surface area contributed by atoms with E-state index < -0.39 is 5.41 Å². The van der Waals surface area contributed by atoms with E-state index in [-0.39, 0.29) is 11.9 Å². The van der Waals surface area contributed by atoms with Gasteiger partial charge in [-0.15, -0.1) is 0 Å². The van der Waals surface area contributed by atoms with Crippen molar-refractivity contribution in [3.05, 3.63) is 54.0 Å². The molecule has 1 aromatic heterocycles. The first-order chi connectivity index (χ1) is 12.3. The topological polar surface area (TPSA) is 49.0 Å². The number of hydrogen-bond acceptors (Lipinski definition) is 2. The summed E-state index contributed by atoms with van der Waals surface area (Å²) in [5.41, 5.74) is 3.69. The van der Waals surface area contributed by atoms with Crippen LogP contribution in [0.5, 0.6) is 0 Å². The Balaban J connectivity index is 1.88. The molecule has 1 atom stereocenters. The lowest BCUT2D eigenvalue weighted by molar-refractivity contribution is -0.142. The van der Waals surface area contributed by atoms with Crippen molar-refractivity contribution in [1.29, 1.82) is 0 Å². The van der Waals surface area contributed by atoms with Crippen molar-refractivity contribution in [2.24, 2.45) is 5.41 Å². The Morgan fingerprint density at radius 1 is 1.27 bits per heavy atom. The fraction of sp³-hybridized carbons (Fsp3) is 0.455. The molecule has 138 valence electrons. The third kappa shape index (κ3) is 3.46. The molecule has 0 saturated carbocycles. The van der Waals surface area contributed by atoms with Crippen LogP contribution in [0.25, 0.3) is 11.3 Å². The molecule has 2 heterocycles. The number of piperidine rings is 1. The maximum Gasteiger partial charge on any atom is 0.232 e. The van der Waals surface area contributed by atoms with Crippen molar-refractivity contribution in [2.75, 3.05) is 6.54 Å². The highest BCUT2D eigenvalue weighted by Gasteiger charge is 2.38. The molecule has 0 radical (unpaired) electrons. The quantitative estimate of drug-likeness (QED) is 0.784. The second-order valence-corrected chi connectivity index (χ2v) is 7.96. The van der Waals surface area contributed by atoms with E-state index in [1.54, 1.807) is 0 Å². The van der Waals surface area contributed by atoms with E-state index in [0.717, 1.165) is 48.5 Å². The molecule has 0 spiro atoms. The predicted octanol–water partition coefficient (Wildman–Crippen LogP) is 5.04. The molecule has 1 saturated heterocycles. The second kappa shape index (κ2) is 7.10. The Bertz CT molecular complexity index is 801. The lowest BCUT2D eigenvalue weighted by Crippen LogP contribution is -2.46. The van der Waals surface area contributed by atoms with Crippen LogP contribution < -0.4 is 0 Å². The number of nitrogens with zero attached hydrogens (tertiary/aromatic N) is 2. The lowest BCUT2D eigenvalue weighted by Gasteiger charge is -2.39. The number of aryl methyl sites for hydroxylation is 1. The average Bonchev–Trinajstić information content (AvgIpc) is 3.11. The highest BCUT2D eigenvalue weighted by molar-refractivity contribution is 5.85. The average molecular weight is 351 g/mol. The van der Waals surface area contributed by atoms with Gasteiger partial charge in [0, 0.05) is 6.54 Å². The Labute approximate surface area is 156 Å². The minimum absolute atomic E-state index is 0.00840. The Hall–Kier alpha value is -2.36. The standard InChI is InChI=1S/C22H29N3O/c1-15(2)22(4,5)21(26)25-13-7-6-8-19(25)20-23-14-18(24-20)17-11-9-16(3)10-12-17/h9-12,14,19H,1,6-8,13H2,2-5H3,(H,23,24). The summed E-state index contributed by atoms with van der Waals surface area (Å²) in [5.74, 6) is 1.02. The Morgan fingerprint density at radius 3 is 2.62 bits per heavy atom. The fourth-order valence-corrected chi connectivity index (χ4v) is 3.39. The molecule has 3 rings (SSSR count). The number of nitrogens with one attached hydrogen (secondary N) is 1. The molecule has 1 amide bonds. The number of benzene rings is 1. The minimum atomic E-state index is -0.554. The highest BCUT2D eigenvalue weighted by Crippen LogP contribution is 2.36. The summed E-state index contributed by atoms with van der Waals surface area (Å²) < 4.78 is 0. The molecule has 2 aromatic rings. The lowest BCUT2D eigenvalue weighted by atomic mass is 9.83. The summed E-state index contributed by atoms with van der Waals surface area (Å²) in [6.07, 6.45) is 4.97. The summed E-state index contributed by atoms with van der Waals surface area (Å²) >= 11 is 0. The van der Waals surface area contributed by atoms with Crippen molar-refractivity contribution in [3.8, 4) is 11.3 Å². The first kappa shape index (κ1) is 18.4. The zero-order valence-electron chi connectivity index (χ0n) is 16.3. The highest BCUT2D eigenvalue weighted by atomic mass is 16.2. The summed E-state index contributed by atoms with van der Waals surface area (Å²) in [5, 5.41) is 0. The number of H-pyrrole nitrogens is 1.